The summed E-state index contributed by atoms with van der Waals surface area (Å²) >= 11 is 0. The number of carboxylic acids is 1. The first-order chi connectivity index (χ1) is 12.0. The summed E-state index contributed by atoms with van der Waals surface area (Å²) in [6.07, 6.45) is 15.3. The van der Waals surface area contributed by atoms with E-state index in [0.29, 0.717) is 12.8 Å². The highest BCUT2D eigenvalue weighted by Gasteiger charge is 2.12. The second-order valence-electron chi connectivity index (χ2n) is 6.30. The molecule has 5 heteroatoms. The number of hydrogen-bond acceptors (Lipinski definition) is 4. The third-order valence-electron chi connectivity index (χ3n) is 3.72. The van der Waals surface area contributed by atoms with Gasteiger partial charge in [-0.2, -0.15) is 0 Å². The van der Waals surface area contributed by atoms with Gasteiger partial charge in [0.25, 0.3) is 0 Å². The molecule has 0 spiro atoms. The van der Waals surface area contributed by atoms with Crippen molar-refractivity contribution in [1.82, 2.24) is 0 Å². The molecule has 0 heterocycles. The van der Waals surface area contributed by atoms with E-state index in [0.717, 1.165) is 12.8 Å². The first-order valence-corrected chi connectivity index (χ1v) is 9.20. The van der Waals surface area contributed by atoms with Crippen molar-refractivity contribution in [1.29, 1.82) is 0 Å². The minimum Gasteiger partial charge on any atom is -0.481 e. The number of hydrogen-bond donors (Lipinski definition) is 4. The molecule has 4 N–H and O–H groups in total. The van der Waals surface area contributed by atoms with Gasteiger partial charge in [-0.25, -0.2) is 0 Å². The van der Waals surface area contributed by atoms with Gasteiger partial charge in [0.2, 0.25) is 0 Å². The van der Waals surface area contributed by atoms with Crippen LogP contribution in [0.15, 0.2) is 36.5 Å². The Bertz CT molecular complexity index is 414. The van der Waals surface area contributed by atoms with E-state index in [-0.39, 0.29) is 18.9 Å². The van der Waals surface area contributed by atoms with Crippen LogP contribution in [0.3, 0.4) is 0 Å². The normalized spacial score (nSPS) is 16.0. The van der Waals surface area contributed by atoms with Crippen LogP contribution in [0, 0.1) is 0 Å². The van der Waals surface area contributed by atoms with Crippen LogP contribution in [0.25, 0.3) is 0 Å². The van der Waals surface area contributed by atoms with E-state index in [2.05, 4.69) is 13.0 Å². The van der Waals surface area contributed by atoms with Gasteiger partial charge in [0, 0.05) is 6.42 Å². The number of allylic oxidation sites excluding steroid dienone is 4. The van der Waals surface area contributed by atoms with E-state index in [1.165, 1.54) is 25.3 Å². The Morgan fingerprint density at radius 2 is 1.72 bits per heavy atom. The van der Waals surface area contributed by atoms with E-state index in [4.69, 9.17) is 5.11 Å². The quantitative estimate of drug-likeness (QED) is 0.205. The fourth-order valence-electron chi connectivity index (χ4n) is 2.30. The standard InChI is InChI=1S/C20H34O5/c1-2-3-4-5-6-9-12-17(21)13-10-7-8-11-14-18(22)15-19(23)16-20(24)25/h6-9,11,14,17-19,21-23H,2-5,10,12-13,15-16H2,1H3,(H,24,25)/b8-7+,9-6-,14-11-/t17-,18+,19-/m1/s1. The largest absolute Gasteiger partial charge is 0.481 e. The molecule has 0 saturated heterocycles. The molecule has 0 rings (SSSR count). The summed E-state index contributed by atoms with van der Waals surface area (Å²) in [5.74, 6) is -1.09. The topological polar surface area (TPSA) is 98.0 Å². The van der Waals surface area contributed by atoms with Crippen molar-refractivity contribution in [3.63, 3.8) is 0 Å². The molecule has 0 aromatic heterocycles. The lowest BCUT2D eigenvalue weighted by Crippen LogP contribution is -2.19. The number of aliphatic hydroxyl groups is 3. The Kier molecular flexibility index (Phi) is 15.1. The molecule has 0 aromatic rings. The van der Waals surface area contributed by atoms with Crippen LogP contribution in [0.5, 0.6) is 0 Å². The van der Waals surface area contributed by atoms with Crippen LogP contribution in [-0.4, -0.2) is 44.7 Å². The van der Waals surface area contributed by atoms with Gasteiger partial charge in [0.05, 0.1) is 24.7 Å². The maximum atomic E-state index is 10.4. The van der Waals surface area contributed by atoms with Gasteiger partial charge < -0.3 is 20.4 Å². The van der Waals surface area contributed by atoms with Gasteiger partial charge in [-0.1, -0.05) is 56.2 Å². The summed E-state index contributed by atoms with van der Waals surface area (Å²) in [6.45, 7) is 2.18. The Hall–Kier alpha value is -1.43. The molecule has 0 aliphatic heterocycles. The Morgan fingerprint density at radius 1 is 0.960 bits per heavy atom. The maximum Gasteiger partial charge on any atom is 0.305 e. The first-order valence-electron chi connectivity index (χ1n) is 9.20. The predicted molar refractivity (Wildman–Crippen MR) is 100 cm³/mol. The monoisotopic (exact) mass is 354 g/mol. The molecule has 0 aliphatic rings. The molecule has 0 aliphatic carbocycles. The molecule has 0 aromatic carbocycles. The number of rotatable bonds is 15. The average Bonchev–Trinajstić information content (AvgIpc) is 2.53. The third-order valence-corrected chi connectivity index (χ3v) is 3.72. The molecule has 0 saturated carbocycles. The fourth-order valence-corrected chi connectivity index (χ4v) is 2.30. The number of aliphatic carboxylic acids is 1. The zero-order valence-electron chi connectivity index (χ0n) is 15.3. The van der Waals surface area contributed by atoms with E-state index >= 15 is 0 Å². The fraction of sp³-hybridized carbons (Fsp3) is 0.650. The van der Waals surface area contributed by atoms with Crippen molar-refractivity contribution in [2.24, 2.45) is 0 Å². The molecule has 0 radical (unpaired) electrons. The Morgan fingerprint density at radius 3 is 2.40 bits per heavy atom. The van der Waals surface area contributed by atoms with Crippen LogP contribution in [0.2, 0.25) is 0 Å². The molecule has 5 nitrogen and oxygen atoms in total. The van der Waals surface area contributed by atoms with Gasteiger partial charge in [0.1, 0.15) is 0 Å². The highest BCUT2D eigenvalue weighted by atomic mass is 16.4. The molecule has 0 bridgehead atoms. The highest BCUT2D eigenvalue weighted by Crippen LogP contribution is 2.07. The summed E-state index contributed by atoms with van der Waals surface area (Å²) in [6, 6.07) is 0. The van der Waals surface area contributed by atoms with Gasteiger partial charge in [0.15, 0.2) is 0 Å². The molecule has 25 heavy (non-hydrogen) atoms. The van der Waals surface area contributed by atoms with Crippen molar-refractivity contribution < 1.29 is 25.2 Å². The molecule has 0 fully saturated rings. The first kappa shape index (κ1) is 23.6. The van der Waals surface area contributed by atoms with E-state index in [1.807, 2.05) is 12.2 Å². The van der Waals surface area contributed by atoms with Crippen molar-refractivity contribution in [3.8, 4) is 0 Å². The number of carboxylic acid groups (broad SMARTS) is 1. The summed E-state index contributed by atoms with van der Waals surface area (Å²) < 4.78 is 0. The molecular weight excluding hydrogens is 320 g/mol. The summed E-state index contributed by atoms with van der Waals surface area (Å²) in [5.41, 5.74) is 0. The maximum absolute atomic E-state index is 10.4. The van der Waals surface area contributed by atoms with Crippen molar-refractivity contribution in [2.75, 3.05) is 0 Å². The molecule has 0 unspecified atom stereocenters. The smallest absolute Gasteiger partial charge is 0.305 e. The minimum atomic E-state index is -1.09. The van der Waals surface area contributed by atoms with Gasteiger partial charge in [-0.15, -0.1) is 0 Å². The van der Waals surface area contributed by atoms with Crippen molar-refractivity contribution >= 4 is 5.97 Å². The second kappa shape index (κ2) is 16.1. The molecule has 144 valence electrons. The highest BCUT2D eigenvalue weighted by molar-refractivity contribution is 5.67. The number of unbranched alkanes of at least 4 members (excludes halogenated alkanes) is 3. The van der Waals surface area contributed by atoms with Gasteiger partial charge in [-0.3, -0.25) is 4.79 Å². The lowest BCUT2D eigenvalue weighted by atomic mass is 10.1. The van der Waals surface area contributed by atoms with E-state index < -0.39 is 18.2 Å². The predicted octanol–water partition coefficient (Wildman–Crippen LogP) is 3.35. The second-order valence-corrected chi connectivity index (χ2v) is 6.30. The van der Waals surface area contributed by atoms with Gasteiger partial charge in [-0.05, 0) is 32.1 Å². The number of carbonyl (C=O) groups is 1. The molecule has 0 amide bonds. The van der Waals surface area contributed by atoms with Crippen LogP contribution in [-0.2, 0) is 4.79 Å². The van der Waals surface area contributed by atoms with Crippen LogP contribution < -0.4 is 0 Å². The third kappa shape index (κ3) is 17.2. The van der Waals surface area contributed by atoms with Crippen LogP contribution in [0.4, 0.5) is 0 Å². The average molecular weight is 354 g/mol. The van der Waals surface area contributed by atoms with E-state index in [1.54, 1.807) is 12.2 Å². The summed E-state index contributed by atoms with van der Waals surface area (Å²) in [5, 5.41) is 37.4. The zero-order chi connectivity index (χ0) is 18.9. The molecular formula is C20H34O5. The Labute approximate surface area is 151 Å². The summed E-state index contributed by atoms with van der Waals surface area (Å²) in [4.78, 5) is 10.4. The minimum absolute atomic E-state index is 0.0000547. The van der Waals surface area contributed by atoms with Crippen molar-refractivity contribution in [2.45, 2.75) is 83.0 Å². The number of aliphatic hydroxyl groups excluding tert-OH is 3. The zero-order valence-corrected chi connectivity index (χ0v) is 15.3. The van der Waals surface area contributed by atoms with Crippen LogP contribution in [0.1, 0.15) is 64.7 Å². The van der Waals surface area contributed by atoms with Gasteiger partial charge >= 0.3 is 5.97 Å². The molecule has 3 atom stereocenters. The van der Waals surface area contributed by atoms with Crippen LogP contribution >= 0.6 is 0 Å². The van der Waals surface area contributed by atoms with Crippen molar-refractivity contribution in [3.05, 3.63) is 36.5 Å². The summed E-state index contributed by atoms with van der Waals surface area (Å²) in [7, 11) is 0. The lowest BCUT2D eigenvalue weighted by molar-refractivity contribution is -0.139. The lowest BCUT2D eigenvalue weighted by Gasteiger charge is -2.10. The Balaban J connectivity index is 3.77. The SMILES string of the molecule is CCCCC/C=C\C[C@@H](O)CC/C=C/C=C\[C@H](O)C[C@@H](O)CC(=O)O. The van der Waals surface area contributed by atoms with E-state index in [9.17, 15) is 20.1 Å².